The fourth-order valence-corrected chi connectivity index (χ4v) is 4.32. The van der Waals surface area contributed by atoms with Gasteiger partial charge in [-0.25, -0.2) is 5.43 Å². The first-order valence-corrected chi connectivity index (χ1v) is 12.6. The summed E-state index contributed by atoms with van der Waals surface area (Å²) >= 11 is 1.30. The van der Waals surface area contributed by atoms with Gasteiger partial charge in [-0.2, -0.15) is 5.10 Å². The van der Waals surface area contributed by atoms with E-state index in [1.807, 2.05) is 120 Å². The summed E-state index contributed by atoms with van der Waals surface area (Å²) in [5.74, 6) is 2.04. The molecule has 0 unspecified atom stereocenters. The molecule has 37 heavy (non-hydrogen) atoms. The molecule has 1 aromatic heterocycles. The van der Waals surface area contributed by atoms with Crippen LogP contribution >= 0.6 is 11.8 Å². The fraction of sp³-hybridized carbons (Fsp3) is 0.0345. The monoisotopic (exact) mass is 505 g/mol. The number of carbonyl (C=O) groups is 1. The third kappa shape index (κ3) is 6.31. The number of carbonyl (C=O) groups excluding carboxylic acids is 1. The molecular weight excluding hydrogens is 482 g/mol. The van der Waals surface area contributed by atoms with Gasteiger partial charge in [-0.15, -0.1) is 10.2 Å². The summed E-state index contributed by atoms with van der Waals surface area (Å²) in [5, 5.41) is 13.5. The molecule has 0 saturated carbocycles. The maximum atomic E-state index is 12.5. The average Bonchev–Trinajstić information content (AvgIpc) is 3.38. The van der Waals surface area contributed by atoms with Gasteiger partial charge >= 0.3 is 0 Å². The minimum atomic E-state index is -0.248. The largest absolute Gasteiger partial charge is 0.457 e. The molecule has 0 saturated heterocycles. The summed E-state index contributed by atoms with van der Waals surface area (Å²) in [4.78, 5) is 12.5. The standard InChI is InChI=1S/C29H23N5O2S/c35-27(31-30-20-22-11-10-18-26(19-22)36-25-16-8-3-9-17-25)21-37-29-33-32-28(23-12-4-1-5-13-23)34(29)24-14-6-2-7-15-24/h1-20H,21H2,(H,31,35)/b30-20+. The number of amides is 1. The van der Waals surface area contributed by atoms with Crippen molar-refractivity contribution in [3.8, 4) is 28.6 Å². The van der Waals surface area contributed by atoms with E-state index in [1.165, 1.54) is 11.8 Å². The molecule has 0 aliphatic carbocycles. The van der Waals surface area contributed by atoms with Crippen molar-refractivity contribution in [1.82, 2.24) is 20.2 Å². The number of rotatable bonds is 9. The lowest BCUT2D eigenvalue weighted by Gasteiger charge is -2.10. The first-order chi connectivity index (χ1) is 18.3. The quantitative estimate of drug-likeness (QED) is 0.152. The highest BCUT2D eigenvalue weighted by Gasteiger charge is 2.17. The van der Waals surface area contributed by atoms with Crippen molar-refractivity contribution in [1.29, 1.82) is 0 Å². The lowest BCUT2D eigenvalue weighted by Crippen LogP contribution is -2.20. The van der Waals surface area contributed by atoms with E-state index in [2.05, 4.69) is 20.7 Å². The van der Waals surface area contributed by atoms with Crippen molar-refractivity contribution in [3.63, 3.8) is 0 Å². The Labute approximate surface area is 218 Å². The molecule has 1 heterocycles. The molecule has 0 aliphatic rings. The van der Waals surface area contributed by atoms with Crippen LogP contribution in [-0.4, -0.2) is 32.6 Å². The highest BCUT2D eigenvalue weighted by Crippen LogP contribution is 2.27. The SMILES string of the molecule is O=C(CSc1nnc(-c2ccccc2)n1-c1ccccc1)N/N=C/c1cccc(Oc2ccccc2)c1. The lowest BCUT2D eigenvalue weighted by molar-refractivity contribution is -0.118. The van der Waals surface area contributed by atoms with E-state index in [0.717, 1.165) is 22.6 Å². The van der Waals surface area contributed by atoms with Gasteiger partial charge in [0.05, 0.1) is 12.0 Å². The molecule has 8 heteroatoms. The number of nitrogens with zero attached hydrogens (tertiary/aromatic N) is 4. The number of thioether (sulfide) groups is 1. The van der Waals surface area contributed by atoms with Crippen LogP contribution in [0.25, 0.3) is 17.1 Å². The zero-order valence-electron chi connectivity index (χ0n) is 19.8. The van der Waals surface area contributed by atoms with Crippen LogP contribution in [0.2, 0.25) is 0 Å². The maximum Gasteiger partial charge on any atom is 0.250 e. The number of ether oxygens (including phenoxy) is 1. The van der Waals surface area contributed by atoms with Crippen LogP contribution in [0.3, 0.4) is 0 Å². The predicted molar refractivity (Wildman–Crippen MR) is 146 cm³/mol. The van der Waals surface area contributed by atoms with Crippen molar-refractivity contribution < 1.29 is 9.53 Å². The Balaban J connectivity index is 1.23. The molecule has 0 atom stereocenters. The molecule has 182 valence electrons. The minimum Gasteiger partial charge on any atom is -0.457 e. The molecule has 1 amide bonds. The van der Waals surface area contributed by atoms with Crippen molar-refractivity contribution in [2.24, 2.45) is 5.10 Å². The Morgan fingerprint density at radius 1 is 0.838 bits per heavy atom. The van der Waals surface area contributed by atoms with Gasteiger partial charge in [-0.05, 0) is 42.0 Å². The van der Waals surface area contributed by atoms with E-state index in [0.29, 0.717) is 16.7 Å². The molecule has 5 aromatic rings. The first-order valence-electron chi connectivity index (χ1n) is 11.6. The molecule has 0 radical (unpaired) electrons. The third-order valence-electron chi connectivity index (χ3n) is 5.25. The zero-order chi connectivity index (χ0) is 25.3. The molecule has 4 aromatic carbocycles. The summed E-state index contributed by atoms with van der Waals surface area (Å²) in [6.45, 7) is 0. The van der Waals surface area contributed by atoms with Crippen LogP contribution in [0.5, 0.6) is 11.5 Å². The first kappa shape index (κ1) is 24.0. The van der Waals surface area contributed by atoms with Crippen LogP contribution in [0.1, 0.15) is 5.56 Å². The molecule has 0 bridgehead atoms. The van der Waals surface area contributed by atoms with Crippen LogP contribution in [0, 0.1) is 0 Å². The van der Waals surface area contributed by atoms with Crippen molar-refractivity contribution in [2.75, 3.05) is 5.75 Å². The number of hydrogen-bond donors (Lipinski definition) is 1. The van der Waals surface area contributed by atoms with Gasteiger partial charge in [0.2, 0.25) is 0 Å². The van der Waals surface area contributed by atoms with E-state index in [-0.39, 0.29) is 11.7 Å². The van der Waals surface area contributed by atoms with Crippen molar-refractivity contribution in [3.05, 3.63) is 121 Å². The smallest absolute Gasteiger partial charge is 0.250 e. The second-order valence-electron chi connectivity index (χ2n) is 7.91. The lowest BCUT2D eigenvalue weighted by atomic mass is 10.2. The van der Waals surface area contributed by atoms with Crippen LogP contribution in [0.4, 0.5) is 0 Å². The number of para-hydroxylation sites is 2. The van der Waals surface area contributed by atoms with Gasteiger partial charge in [-0.3, -0.25) is 9.36 Å². The van der Waals surface area contributed by atoms with Gasteiger partial charge in [0.15, 0.2) is 11.0 Å². The topological polar surface area (TPSA) is 81.4 Å². The summed E-state index contributed by atoms with van der Waals surface area (Å²) in [6, 6.07) is 36.7. The molecule has 5 rings (SSSR count). The highest BCUT2D eigenvalue weighted by molar-refractivity contribution is 7.99. The van der Waals surface area contributed by atoms with E-state index < -0.39 is 0 Å². The van der Waals surface area contributed by atoms with E-state index in [9.17, 15) is 4.79 Å². The Morgan fingerprint density at radius 2 is 1.51 bits per heavy atom. The molecule has 7 nitrogen and oxygen atoms in total. The molecule has 1 N–H and O–H groups in total. The summed E-state index contributed by atoms with van der Waals surface area (Å²) in [7, 11) is 0. The van der Waals surface area contributed by atoms with Gasteiger partial charge in [0.25, 0.3) is 5.91 Å². The van der Waals surface area contributed by atoms with Crippen LogP contribution in [0.15, 0.2) is 126 Å². The number of aromatic nitrogens is 3. The highest BCUT2D eigenvalue weighted by atomic mass is 32.2. The van der Waals surface area contributed by atoms with Gasteiger partial charge in [-0.1, -0.05) is 90.6 Å². The van der Waals surface area contributed by atoms with E-state index in [1.54, 1.807) is 6.21 Å². The second kappa shape index (κ2) is 11.8. The predicted octanol–water partition coefficient (Wildman–Crippen LogP) is 5.97. The molecule has 0 fully saturated rings. The number of hydrogen-bond acceptors (Lipinski definition) is 6. The maximum absolute atomic E-state index is 12.5. The number of benzene rings is 4. The fourth-order valence-electron chi connectivity index (χ4n) is 3.57. The molecule has 0 spiro atoms. The Morgan fingerprint density at radius 3 is 2.27 bits per heavy atom. The average molecular weight is 506 g/mol. The number of hydrazone groups is 1. The van der Waals surface area contributed by atoms with E-state index in [4.69, 9.17) is 4.74 Å². The van der Waals surface area contributed by atoms with Crippen molar-refractivity contribution in [2.45, 2.75) is 5.16 Å². The number of nitrogens with one attached hydrogen (secondary N) is 1. The normalized spacial score (nSPS) is 10.9. The third-order valence-corrected chi connectivity index (χ3v) is 6.18. The molecule has 0 aliphatic heterocycles. The summed E-state index contributed by atoms with van der Waals surface area (Å²) in [6.07, 6.45) is 1.58. The molecular formula is C29H23N5O2S. The Kier molecular flexibility index (Phi) is 7.68. The summed E-state index contributed by atoms with van der Waals surface area (Å²) < 4.78 is 7.80. The van der Waals surface area contributed by atoms with Gasteiger partial charge in [0, 0.05) is 11.3 Å². The second-order valence-corrected chi connectivity index (χ2v) is 8.86. The minimum absolute atomic E-state index is 0.133. The Hall–Kier alpha value is -4.69. The van der Waals surface area contributed by atoms with Crippen molar-refractivity contribution >= 4 is 23.9 Å². The van der Waals surface area contributed by atoms with Gasteiger partial charge in [0.1, 0.15) is 11.5 Å². The van der Waals surface area contributed by atoms with E-state index >= 15 is 0 Å². The summed E-state index contributed by atoms with van der Waals surface area (Å²) in [5.41, 5.74) is 5.25. The van der Waals surface area contributed by atoms with Crippen LogP contribution < -0.4 is 10.2 Å². The Bertz CT molecular complexity index is 1490. The van der Waals surface area contributed by atoms with Gasteiger partial charge < -0.3 is 4.74 Å². The van der Waals surface area contributed by atoms with Crippen LogP contribution in [-0.2, 0) is 4.79 Å². The zero-order valence-corrected chi connectivity index (χ0v) is 20.6.